The van der Waals surface area contributed by atoms with Gasteiger partial charge in [-0.25, -0.2) is 0 Å². The number of para-hydroxylation sites is 1. The Labute approximate surface area is 191 Å². The third-order valence-corrected chi connectivity index (χ3v) is 5.42. The largest absolute Gasteiger partial charge is 0.486 e. The average Bonchev–Trinajstić information content (AvgIpc) is 3.02. The van der Waals surface area contributed by atoms with E-state index in [-0.39, 0.29) is 5.91 Å². The molecule has 1 aliphatic heterocycles. The van der Waals surface area contributed by atoms with Gasteiger partial charge in [0.1, 0.15) is 6.61 Å². The Hall–Kier alpha value is -3.08. The van der Waals surface area contributed by atoms with Gasteiger partial charge in [-0.2, -0.15) is 10.1 Å². The summed E-state index contributed by atoms with van der Waals surface area (Å²) < 4.78 is 5.87. The molecule has 0 fully saturated rings. The standard InChI is InChI=1S/C25H20Cl2N2O2/c1-16-7-6-8-18(11-16)15-31-24-22(26)13-19(14-23(24)27)12-21-17(2)28-29(25(21)30)20-9-4-3-5-10-20/h3-14H,15H2,1-2H3/b21-12+. The zero-order chi connectivity index (χ0) is 22.0. The Morgan fingerprint density at radius 3 is 2.35 bits per heavy atom. The Bertz CT molecular complexity index is 1180. The molecule has 0 N–H and O–H groups in total. The second kappa shape index (κ2) is 8.96. The van der Waals surface area contributed by atoms with E-state index in [0.29, 0.717) is 44.9 Å². The van der Waals surface area contributed by atoms with Crippen LogP contribution in [0.2, 0.25) is 10.0 Å². The van der Waals surface area contributed by atoms with Crippen LogP contribution >= 0.6 is 23.2 Å². The SMILES string of the molecule is CC1=NN(c2ccccc2)C(=O)/C1=C/c1cc(Cl)c(OCc2cccc(C)c2)c(Cl)c1. The molecule has 3 aromatic rings. The Morgan fingerprint density at radius 2 is 1.68 bits per heavy atom. The number of carbonyl (C=O) groups excluding carboxylic acids is 1. The van der Waals surface area contributed by atoms with Gasteiger partial charge >= 0.3 is 0 Å². The first-order valence-corrected chi connectivity index (χ1v) is 10.5. The van der Waals surface area contributed by atoms with Crippen molar-refractivity contribution in [1.82, 2.24) is 0 Å². The molecular weight excluding hydrogens is 431 g/mol. The number of carbonyl (C=O) groups is 1. The van der Waals surface area contributed by atoms with Crippen molar-refractivity contribution >= 4 is 46.6 Å². The van der Waals surface area contributed by atoms with Crippen LogP contribution in [0, 0.1) is 6.92 Å². The van der Waals surface area contributed by atoms with Gasteiger partial charge in [0.2, 0.25) is 0 Å². The lowest BCUT2D eigenvalue weighted by atomic mass is 10.1. The zero-order valence-electron chi connectivity index (χ0n) is 17.1. The van der Waals surface area contributed by atoms with E-state index >= 15 is 0 Å². The van der Waals surface area contributed by atoms with Crippen LogP contribution < -0.4 is 9.75 Å². The normalized spacial score (nSPS) is 14.8. The van der Waals surface area contributed by atoms with E-state index in [1.807, 2.05) is 61.5 Å². The molecule has 3 aromatic carbocycles. The van der Waals surface area contributed by atoms with Gasteiger partial charge in [0.25, 0.3) is 5.91 Å². The number of halogens is 2. The molecule has 1 amide bonds. The van der Waals surface area contributed by atoms with Crippen LogP contribution in [0.1, 0.15) is 23.6 Å². The summed E-state index contributed by atoms with van der Waals surface area (Å²) in [5, 5.41) is 6.55. The fourth-order valence-electron chi connectivity index (χ4n) is 3.35. The van der Waals surface area contributed by atoms with E-state index in [4.69, 9.17) is 27.9 Å². The van der Waals surface area contributed by atoms with Crippen LogP contribution in [0.25, 0.3) is 6.08 Å². The third kappa shape index (κ3) is 4.66. The minimum Gasteiger partial charge on any atom is -0.486 e. The predicted octanol–water partition coefficient (Wildman–Crippen LogP) is 6.69. The summed E-state index contributed by atoms with van der Waals surface area (Å²) in [7, 11) is 0. The molecule has 156 valence electrons. The van der Waals surface area contributed by atoms with E-state index in [2.05, 4.69) is 5.10 Å². The summed E-state index contributed by atoms with van der Waals surface area (Å²) in [5.74, 6) is 0.219. The number of aryl methyl sites for hydroxylation is 1. The summed E-state index contributed by atoms with van der Waals surface area (Å²) in [4.78, 5) is 12.9. The highest BCUT2D eigenvalue weighted by Crippen LogP contribution is 2.36. The number of anilines is 1. The molecule has 0 atom stereocenters. The first kappa shape index (κ1) is 21.2. The number of nitrogens with zero attached hydrogens (tertiary/aromatic N) is 2. The quantitative estimate of drug-likeness (QED) is 0.406. The van der Waals surface area contributed by atoms with E-state index < -0.39 is 0 Å². The lowest BCUT2D eigenvalue weighted by Gasteiger charge is -2.12. The summed E-state index contributed by atoms with van der Waals surface area (Å²) in [6.45, 7) is 4.19. The number of amides is 1. The summed E-state index contributed by atoms with van der Waals surface area (Å²) >= 11 is 12.9. The number of ether oxygens (including phenoxy) is 1. The molecule has 0 unspecified atom stereocenters. The molecule has 31 heavy (non-hydrogen) atoms. The molecule has 0 aromatic heterocycles. The van der Waals surface area contributed by atoms with Crippen LogP contribution in [-0.4, -0.2) is 11.6 Å². The zero-order valence-corrected chi connectivity index (χ0v) is 18.6. The number of benzene rings is 3. The molecule has 0 aliphatic carbocycles. The van der Waals surface area contributed by atoms with Gasteiger partial charge in [-0.15, -0.1) is 0 Å². The first-order valence-electron chi connectivity index (χ1n) is 9.76. The summed E-state index contributed by atoms with van der Waals surface area (Å²) in [5.41, 5.74) is 4.72. The van der Waals surface area contributed by atoms with Crippen molar-refractivity contribution in [3.8, 4) is 5.75 Å². The molecule has 0 spiro atoms. The minimum absolute atomic E-state index is 0.198. The molecule has 4 nitrogen and oxygen atoms in total. The smallest absolute Gasteiger partial charge is 0.280 e. The predicted molar refractivity (Wildman–Crippen MR) is 127 cm³/mol. The van der Waals surface area contributed by atoms with E-state index in [9.17, 15) is 4.79 Å². The van der Waals surface area contributed by atoms with E-state index in [1.165, 1.54) is 5.01 Å². The summed E-state index contributed by atoms with van der Waals surface area (Å²) in [6.07, 6.45) is 1.74. The van der Waals surface area contributed by atoms with Crippen LogP contribution in [0.3, 0.4) is 0 Å². The highest BCUT2D eigenvalue weighted by molar-refractivity contribution is 6.37. The van der Waals surface area contributed by atoms with Gasteiger partial charge in [-0.05, 0) is 55.3 Å². The molecule has 0 radical (unpaired) electrons. The van der Waals surface area contributed by atoms with Gasteiger partial charge in [0.15, 0.2) is 5.75 Å². The van der Waals surface area contributed by atoms with Crippen molar-refractivity contribution in [1.29, 1.82) is 0 Å². The molecule has 1 aliphatic rings. The van der Waals surface area contributed by atoms with Crippen molar-refractivity contribution in [2.75, 3.05) is 5.01 Å². The van der Waals surface area contributed by atoms with Crippen molar-refractivity contribution in [3.05, 3.63) is 99.0 Å². The topological polar surface area (TPSA) is 41.9 Å². The number of hydrogen-bond acceptors (Lipinski definition) is 3. The number of rotatable bonds is 5. The highest BCUT2D eigenvalue weighted by atomic mass is 35.5. The van der Waals surface area contributed by atoms with Crippen molar-refractivity contribution in [2.45, 2.75) is 20.5 Å². The van der Waals surface area contributed by atoms with Crippen molar-refractivity contribution in [3.63, 3.8) is 0 Å². The fourth-order valence-corrected chi connectivity index (χ4v) is 3.97. The maximum atomic E-state index is 12.9. The van der Waals surface area contributed by atoms with E-state index in [0.717, 1.165) is 11.1 Å². The third-order valence-electron chi connectivity index (χ3n) is 4.86. The Morgan fingerprint density at radius 1 is 0.968 bits per heavy atom. The minimum atomic E-state index is -0.198. The van der Waals surface area contributed by atoms with Gasteiger partial charge in [-0.1, -0.05) is 71.2 Å². The van der Waals surface area contributed by atoms with Crippen molar-refractivity contribution in [2.24, 2.45) is 5.10 Å². The molecule has 6 heteroatoms. The van der Waals surface area contributed by atoms with E-state index in [1.54, 1.807) is 25.1 Å². The molecule has 0 bridgehead atoms. The Kier molecular flexibility index (Phi) is 6.12. The van der Waals surface area contributed by atoms with Crippen molar-refractivity contribution < 1.29 is 9.53 Å². The Balaban J connectivity index is 1.56. The second-order valence-electron chi connectivity index (χ2n) is 7.29. The summed E-state index contributed by atoms with van der Waals surface area (Å²) in [6, 6.07) is 20.8. The lowest BCUT2D eigenvalue weighted by molar-refractivity contribution is -0.114. The molecule has 0 saturated carbocycles. The highest BCUT2D eigenvalue weighted by Gasteiger charge is 2.28. The number of hydrazone groups is 1. The van der Waals surface area contributed by atoms with Crippen LogP contribution in [0.5, 0.6) is 5.75 Å². The van der Waals surface area contributed by atoms with Gasteiger partial charge in [0.05, 0.1) is 27.0 Å². The lowest BCUT2D eigenvalue weighted by Crippen LogP contribution is -2.21. The molecule has 1 heterocycles. The fraction of sp³-hybridized carbons (Fsp3) is 0.120. The maximum absolute atomic E-state index is 12.9. The van der Waals surface area contributed by atoms with Gasteiger partial charge < -0.3 is 4.74 Å². The first-order chi connectivity index (χ1) is 14.9. The van der Waals surface area contributed by atoms with Gasteiger partial charge in [0, 0.05) is 0 Å². The van der Waals surface area contributed by atoms with Crippen LogP contribution in [-0.2, 0) is 11.4 Å². The van der Waals surface area contributed by atoms with Gasteiger partial charge in [-0.3, -0.25) is 4.79 Å². The monoisotopic (exact) mass is 450 g/mol. The molecule has 4 rings (SSSR count). The maximum Gasteiger partial charge on any atom is 0.280 e. The number of hydrogen-bond donors (Lipinski definition) is 0. The molecular formula is C25H20Cl2N2O2. The molecule has 0 saturated heterocycles. The average molecular weight is 451 g/mol. The second-order valence-corrected chi connectivity index (χ2v) is 8.10. The van der Waals surface area contributed by atoms with Crippen LogP contribution in [0.15, 0.2) is 77.4 Å². The van der Waals surface area contributed by atoms with Crippen LogP contribution in [0.4, 0.5) is 5.69 Å².